The summed E-state index contributed by atoms with van der Waals surface area (Å²) in [7, 11) is -2.17. The van der Waals surface area contributed by atoms with E-state index in [1.807, 2.05) is 24.3 Å². The van der Waals surface area contributed by atoms with Gasteiger partial charge in [-0.25, -0.2) is 8.42 Å². The molecule has 1 atom stereocenters. The highest BCUT2D eigenvalue weighted by atomic mass is 32.2. The van der Waals surface area contributed by atoms with E-state index in [4.69, 9.17) is 9.47 Å². The molecule has 1 unspecified atom stereocenters. The number of sulfonamides is 1. The molecule has 1 aliphatic heterocycles. The Morgan fingerprint density at radius 3 is 2.62 bits per heavy atom. The molecule has 2 aromatic rings. The third-order valence-electron chi connectivity index (χ3n) is 5.91. The molecule has 9 nitrogen and oxygen atoms in total. The lowest BCUT2D eigenvalue weighted by molar-refractivity contribution is -0.134. The Kier molecular flexibility index (Phi) is 8.87. The van der Waals surface area contributed by atoms with Crippen LogP contribution in [0.2, 0.25) is 0 Å². The summed E-state index contributed by atoms with van der Waals surface area (Å²) in [6, 6.07) is 9.93. The predicted octanol–water partition coefficient (Wildman–Crippen LogP) is 2.10. The van der Waals surface area contributed by atoms with Crippen molar-refractivity contribution < 1.29 is 22.7 Å². The van der Waals surface area contributed by atoms with Crippen LogP contribution >= 0.6 is 0 Å². The maximum Gasteiger partial charge on any atom is 0.251 e. The highest BCUT2D eigenvalue weighted by Crippen LogP contribution is 2.19. The zero-order valence-corrected chi connectivity index (χ0v) is 20.8. The van der Waals surface area contributed by atoms with Crippen LogP contribution in [0.3, 0.4) is 0 Å². The van der Waals surface area contributed by atoms with Crippen LogP contribution in [0.1, 0.15) is 32.3 Å². The van der Waals surface area contributed by atoms with Crippen molar-refractivity contribution in [1.29, 1.82) is 0 Å². The number of carbonyl (C=O) groups is 1. The largest absolute Gasteiger partial charge is 0.497 e. The summed E-state index contributed by atoms with van der Waals surface area (Å²) in [6.07, 6.45) is 2.99. The number of amides is 1. The second-order valence-electron chi connectivity index (χ2n) is 8.18. The second-order valence-corrected chi connectivity index (χ2v) is 10.1. The number of aromatic nitrogens is 1. The molecule has 10 heteroatoms. The number of ether oxygens (including phenoxy) is 2. The molecule has 0 bridgehead atoms. The van der Waals surface area contributed by atoms with Crippen molar-refractivity contribution in [3.05, 3.63) is 58.5 Å². The zero-order chi connectivity index (χ0) is 24.7. The highest BCUT2D eigenvalue weighted by Gasteiger charge is 2.25. The minimum Gasteiger partial charge on any atom is -0.497 e. The van der Waals surface area contributed by atoms with Gasteiger partial charge in [0.15, 0.2) is 0 Å². The van der Waals surface area contributed by atoms with Gasteiger partial charge in [0.25, 0.3) is 5.56 Å². The first-order valence-electron chi connectivity index (χ1n) is 11.5. The lowest BCUT2D eigenvalue weighted by Crippen LogP contribution is -2.40. The van der Waals surface area contributed by atoms with Crippen LogP contribution in [0.4, 0.5) is 0 Å². The van der Waals surface area contributed by atoms with E-state index in [1.54, 1.807) is 25.9 Å². The minimum atomic E-state index is -3.76. The molecule has 0 aliphatic carbocycles. The van der Waals surface area contributed by atoms with Crippen molar-refractivity contribution in [3.8, 4) is 5.75 Å². The van der Waals surface area contributed by atoms with Crippen molar-refractivity contribution >= 4 is 15.9 Å². The molecule has 186 valence electrons. The number of hydrogen-bond donors (Lipinski definition) is 0. The monoisotopic (exact) mass is 491 g/mol. The Morgan fingerprint density at radius 2 is 1.97 bits per heavy atom. The van der Waals surface area contributed by atoms with Crippen LogP contribution in [-0.2, 0) is 32.6 Å². The summed E-state index contributed by atoms with van der Waals surface area (Å²) in [5.41, 5.74) is 0.446. The molecule has 1 aliphatic rings. The fourth-order valence-corrected chi connectivity index (χ4v) is 5.50. The second kappa shape index (κ2) is 11.6. The van der Waals surface area contributed by atoms with Gasteiger partial charge in [-0.3, -0.25) is 9.59 Å². The van der Waals surface area contributed by atoms with Crippen LogP contribution in [-0.4, -0.2) is 67.6 Å². The van der Waals surface area contributed by atoms with Gasteiger partial charge in [0, 0.05) is 45.0 Å². The Bertz CT molecular complexity index is 1140. The van der Waals surface area contributed by atoms with E-state index in [0.29, 0.717) is 38.5 Å². The van der Waals surface area contributed by atoms with E-state index in [1.165, 1.54) is 22.6 Å². The summed E-state index contributed by atoms with van der Waals surface area (Å²) in [6.45, 7) is 5.24. The molecule has 0 spiro atoms. The van der Waals surface area contributed by atoms with E-state index in [2.05, 4.69) is 0 Å². The van der Waals surface area contributed by atoms with E-state index >= 15 is 0 Å². The molecule has 1 aromatic heterocycles. The predicted molar refractivity (Wildman–Crippen MR) is 128 cm³/mol. The average Bonchev–Trinajstić information content (AvgIpc) is 3.34. The summed E-state index contributed by atoms with van der Waals surface area (Å²) in [4.78, 5) is 27.5. The topological polar surface area (TPSA) is 98.2 Å². The van der Waals surface area contributed by atoms with Gasteiger partial charge in [0.2, 0.25) is 15.9 Å². The normalized spacial score (nSPS) is 16.1. The van der Waals surface area contributed by atoms with E-state index in [0.717, 1.165) is 23.0 Å². The molecular formula is C24H33N3O6S. The first-order chi connectivity index (χ1) is 16.3. The molecule has 2 heterocycles. The molecule has 0 radical (unpaired) electrons. The van der Waals surface area contributed by atoms with E-state index < -0.39 is 15.6 Å². The number of methoxy groups -OCH3 is 1. The zero-order valence-electron chi connectivity index (χ0n) is 20.0. The fraction of sp³-hybridized carbons (Fsp3) is 0.500. The molecule has 1 fully saturated rings. The maximum absolute atomic E-state index is 13.3. The fourth-order valence-electron chi connectivity index (χ4n) is 4.02. The van der Waals surface area contributed by atoms with Gasteiger partial charge in [0.1, 0.15) is 12.3 Å². The summed E-state index contributed by atoms with van der Waals surface area (Å²) >= 11 is 0. The number of pyridine rings is 1. The third-order valence-corrected chi connectivity index (χ3v) is 7.95. The molecule has 1 saturated heterocycles. The quantitative estimate of drug-likeness (QED) is 0.477. The van der Waals surface area contributed by atoms with E-state index in [-0.39, 0.29) is 23.5 Å². The molecule has 1 aromatic carbocycles. The number of nitrogens with zero attached hydrogens (tertiary/aromatic N) is 3. The first-order valence-corrected chi connectivity index (χ1v) is 13.0. The Balaban J connectivity index is 1.85. The smallest absolute Gasteiger partial charge is 0.251 e. The maximum atomic E-state index is 13.3. The average molecular weight is 492 g/mol. The van der Waals surface area contributed by atoms with Crippen LogP contribution in [0.5, 0.6) is 5.75 Å². The lowest BCUT2D eigenvalue weighted by atomic mass is 10.1. The van der Waals surface area contributed by atoms with Crippen molar-refractivity contribution in [3.63, 3.8) is 0 Å². The Morgan fingerprint density at radius 1 is 1.21 bits per heavy atom. The van der Waals surface area contributed by atoms with Gasteiger partial charge in [-0.15, -0.1) is 0 Å². The summed E-state index contributed by atoms with van der Waals surface area (Å²) in [5, 5.41) is 0. The molecule has 3 rings (SSSR count). The first kappa shape index (κ1) is 25.9. The van der Waals surface area contributed by atoms with E-state index in [9.17, 15) is 18.0 Å². The van der Waals surface area contributed by atoms with Gasteiger partial charge >= 0.3 is 0 Å². The molecule has 1 amide bonds. The number of rotatable bonds is 11. The highest BCUT2D eigenvalue weighted by molar-refractivity contribution is 7.89. The molecular weight excluding hydrogens is 458 g/mol. The number of carbonyl (C=O) groups excluding carboxylic acids is 1. The Labute approximate surface area is 200 Å². The number of hydrogen-bond acceptors (Lipinski definition) is 6. The van der Waals surface area contributed by atoms with Gasteiger partial charge < -0.3 is 18.9 Å². The minimum absolute atomic E-state index is 0.0120. The third kappa shape index (κ3) is 6.25. The lowest BCUT2D eigenvalue weighted by Gasteiger charge is -2.26. The summed E-state index contributed by atoms with van der Waals surface area (Å²) in [5.74, 6) is 0.394. The summed E-state index contributed by atoms with van der Waals surface area (Å²) < 4.78 is 39.3. The van der Waals surface area contributed by atoms with Crippen LogP contribution in [0.25, 0.3) is 0 Å². The van der Waals surface area contributed by atoms with Gasteiger partial charge in [-0.2, -0.15) is 4.31 Å². The van der Waals surface area contributed by atoms with Crippen molar-refractivity contribution in [2.24, 2.45) is 0 Å². The number of benzene rings is 1. The van der Waals surface area contributed by atoms with Crippen LogP contribution in [0, 0.1) is 0 Å². The van der Waals surface area contributed by atoms with Crippen molar-refractivity contribution in [2.75, 3.05) is 33.4 Å². The standard InChI is InChI=1S/C24H33N3O6S/c1-4-27(5-2)34(30,31)22-11-12-23(28)26(17-22)18-24(29)25(16-21-10-7-13-33-21)15-19-8-6-9-20(14-19)32-3/h6,8-9,11-12,14,17,21H,4-5,7,10,13,15-16,18H2,1-3H3. The SMILES string of the molecule is CCN(CC)S(=O)(=O)c1ccc(=O)n(CC(=O)N(Cc2cccc(OC)c2)CC2CCCO2)c1. The van der Waals surface area contributed by atoms with Gasteiger partial charge in [-0.05, 0) is 36.6 Å². The van der Waals surface area contributed by atoms with Crippen LogP contribution < -0.4 is 10.3 Å². The molecule has 0 saturated carbocycles. The van der Waals surface area contributed by atoms with Crippen LogP contribution in [0.15, 0.2) is 52.3 Å². The van der Waals surface area contributed by atoms with Gasteiger partial charge in [0.05, 0.1) is 18.1 Å². The van der Waals surface area contributed by atoms with Crippen molar-refractivity contribution in [1.82, 2.24) is 13.8 Å². The van der Waals surface area contributed by atoms with Gasteiger partial charge in [-0.1, -0.05) is 26.0 Å². The Hall–Kier alpha value is -2.69. The molecule has 34 heavy (non-hydrogen) atoms. The van der Waals surface area contributed by atoms with Crippen molar-refractivity contribution in [2.45, 2.75) is 50.8 Å². The molecule has 0 N–H and O–H groups in total.